The van der Waals surface area contributed by atoms with Gasteiger partial charge in [-0.15, -0.1) is 0 Å². The fourth-order valence-electron chi connectivity index (χ4n) is 2.23. The Labute approximate surface area is 128 Å². The minimum atomic E-state index is -0.463. The van der Waals surface area contributed by atoms with E-state index in [4.69, 9.17) is 5.73 Å². The Balaban J connectivity index is 1.77. The van der Waals surface area contributed by atoms with E-state index in [1.807, 2.05) is 59.3 Å². The maximum absolute atomic E-state index is 10.9. The fraction of sp³-hybridized carbons (Fsp3) is 0.0588. The van der Waals surface area contributed by atoms with Crippen molar-refractivity contribution in [1.82, 2.24) is 9.38 Å². The lowest BCUT2D eigenvalue weighted by Gasteiger charge is -2.07. The molecule has 0 aliphatic heterocycles. The van der Waals surface area contributed by atoms with Crippen LogP contribution in [0.5, 0.6) is 0 Å². The highest BCUT2D eigenvalue weighted by atomic mass is 16.1. The number of hydrogen-bond acceptors (Lipinski definition) is 3. The predicted octanol–water partition coefficient (Wildman–Crippen LogP) is 2.44. The second kappa shape index (κ2) is 6.13. The summed E-state index contributed by atoms with van der Waals surface area (Å²) in [5.41, 5.74) is 8.84. The van der Waals surface area contributed by atoms with Gasteiger partial charge in [0.25, 0.3) is 0 Å². The van der Waals surface area contributed by atoms with E-state index < -0.39 is 5.91 Å². The largest absolute Gasteiger partial charge is 0.379 e. The van der Waals surface area contributed by atoms with Crippen LogP contribution in [0.1, 0.15) is 11.3 Å². The molecule has 3 N–H and O–H groups in total. The van der Waals surface area contributed by atoms with E-state index in [0.29, 0.717) is 6.54 Å². The molecule has 3 aromatic rings. The number of benzene rings is 1. The normalized spacial score (nSPS) is 11.1. The molecule has 0 bridgehead atoms. The van der Waals surface area contributed by atoms with Crippen LogP contribution < -0.4 is 11.1 Å². The van der Waals surface area contributed by atoms with Crippen LogP contribution in [0.3, 0.4) is 0 Å². The average molecular weight is 292 g/mol. The lowest BCUT2D eigenvalue weighted by molar-refractivity contribution is -0.113. The van der Waals surface area contributed by atoms with E-state index >= 15 is 0 Å². The average Bonchev–Trinajstić information content (AvgIpc) is 2.94. The smallest absolute Gasteiger partial charge is 0.241 e. The molecule has 0 aliphatic rings. The van der Waals surface area contributed by atoms with Gasteiger partial charge >= 0.3 is 0 Å². The molecule has 2 heterocycles. The number of carbonyl (C=O) groups is 1. The Hall–Kier alpha value is -3.08. The SMILES string of the molecule is NC(=O)C=Cc1ccccc1NCc1cn2ccccc2n1. The minimum Gasteiger partial charge on any atom is -0.379 e. The van der Waals surface area contributed by atoms with Gasteiger partial charge in [0.05, 0.1) is 12.2 Å². The van der Waals surface area contributed by atoms with Gasteiger partial charge in [0.15, 0.2) is 0 Å². The van der Waals surface area contributed by atoms with Gasteiger partial charge in [-0.05, 0) is 29.8 Å². The Bertz CT molecular complexity index is 802. The third kappa shape index (κ3) is 3.15. The van der Waals surface area contributed by atoms with Crippen molar-refractivity contribution < 1.29 is 4.79 Å². The first-order chi connectivity index (χ1) is 10.7. The summed E-state index contributed by atoms with van der Waals surface area (Å²) in [6.45, 7) is 0.600. The number of para-hydroxylation sites is 1. The van der Waals surface area contributed by atoms with Crippen LogP contribution in [-0.2, 0) is 11.3 Å². The highest BCUT2D eigenvalue weighted by molar-refractivity contribution is 5.91. The van der Waals surface area contributed by atoms with Crippen molar-refractivity contribution in [3.8, 4) is 0 Å². The van der Waals surface area contributed by atoms with E-state index in [9.17, 15) is 4.79 Å². The first-order valence-electron chi connectivity index (χ1n) is 6.95. The maximum atomic E-state index is 10.9. The summed E-state index contributed by atoms with van der Waals surface area (Å²) >= 11 is 0. The van der Waals surface area contributed by atoms with Gasteiger partial charge in [-0.1, -0.05) is 24.3 Å². The molecule has 1 amide bonds. The highest BCUT2D eigenvalue weighted by Gasteiger charge is 2.03. The molecule has 0 radical (unpaired) electrons. The number of rotatable bonds is 5. The molecule has 110 valence electrons. The Morgan fingerprint density at radius 2 is 2.05 bits per heavy atom. The Morgan fingerprint density at radius 1 is 1.23 bits per heavy atom. The molecule has 0 saturated heterocycles. The predicted molar refractivity (Wildman–Crippen MR) is 87.2 cm³/mol. The van der Waals surface area contributed by atoms with E-state index in [1.165, 1.54) is 6.08 Å². The standard InChI is InChI=1S/C17H16N4O/c18-16(22)9-8-13-5-1-2-6-15(13)19-11-14-12-21-10-4-3-7-17(21)20-14/h1-10,12,19H,11H2,(H2,18,22). The first kappa shape index (κ1) is 13.9. The number of nitrogens with two attached hydrogens (primary N) is 1. The molecule has 0 unspecified atom stereocenters. The molecule has 5 heteroatoms. The molecule has 22 heavy (non-hydrogen) atoms. The van der Waals surface area contributed by atoms with Crippen molar-refractivity contribution in [3.63, 3.8) is 0 Å². The van der Waals surface area contributed by atoms with Crippen molar-refractivity contribution in [1.29, 1.82) is 0 Å². The molecule has 3 rings (SSSR count). The van der Waals surface area contributed by atoms with E-state index in [-0.39, 0.29) is 0 Å². The van der Waals surface area contributed by atoms with Gasteiger partial charge in [0, 0.05) is 24.2 Å². The number of hydrogen-bond donors (Lipinski definition) is 2. The van der Waals surface area contributed by atoms with E-state index in [1.54, 1.807) is 6.08 Å². The minimum absolute atomic E-state index is 0.463. The Kier molecular flexibility index (Phi) is 3.87. The van der Waals surface area contributed by atoms with Crippen LogP contribution in [0.2, 0.25) is 0 Å². The molecule has 2 aromatic heterocycles. The first-order valence-corrected chi connectivity index (χ1v) is 6.95. The zero-order valence-electron chi connectivity index (χ0n) is 11.9. The topological polar surface area (TPSA) is 72.4 Å². The monoisotopic (exact) mass is 292 g/mol. The number of fused-ring (bicyclic) bond motifs is 1. The molecule has 5 nitrogen and oxygen atoms in total. The second-order valence-electron chi connectivity index (χ2n) is 4.87. The van der Waals surface area contributed by atoms with Crippen molar-refractivity contribution in [2.45, 2.75) is 6.54 Å². The number of pyridine rings is 1. The van der Waals surface area contributed by atoms with Crippen LogP contribution in [0.15, 0.2) is 60.9 Å². The lowest BCUT2D eigenvalue weighted by atomic mass is 10.1. The van der Waals surface area contributed by atoms with Crippen LogP contribution in [-0.4, -0.2) is 15.3 Å². The van der Waals surface area contributed by atoms with Crippen molar-refractivity contribution in [2.75, 3.05) is 5.32 Å². The van der Waals surface area contributed by atoms with Crippen molar-refractivity contribution >= 4 is 23.3 Å². The van der Waals surface area contributed by atoms with Crippen molar-refractivity contribution in [2.24, 2.45) is 5.73 Å². The number of aromatic nitrogens is 2. The lowest BCUT2D eigenvalue weighted by Crippen LogP contribution is -2.05. The van der Waals surface area contributed by atoms with Crippen LogP contribution in [0.4, 0.5) is 5.69 Å². The summed E-state index contributed by atoms with van der Waals surface area (Å²) in [5.74, 6) is -0.463. The second-order valence-corrected chi connectivity index (χ2v) is 4.87. The molecule has 0 atom stereocenters. The van der Waals surface area contributed by atoms with Crippen LogP contribution in [0, 0.1) is 0 Å². The van der Waals surface area contributed by atoms with E-state index in [2.05, 4.69) is 10.3 Å². The summed E-state index contributed by atoms with van der Waals surface area (Å²) < 4.78 is 1.98. The summed E-state index contributed by atoms with van der Waals surface area (Å²) in [6.07, 6.45) is 7.01. The summed E-state index contributed by atoms with van der Waals surface area (Å²) in [4.78, 5) is 15.4. The number of primary amides is 1. The van der Waals surface area contributed by atoms with Crippen LogP contribution in [0.25, 0.3) is 11.7 Å². The third-order valence-electron chi connectivity index (χ3n) is 3.26. The maximum Gasteiger partial charge on any atom is 0.241 e. The van der Waals surface area contributed by atoms with Gasteiger partial charge in [-0.25, -0.2) is 4.98 Å². The highest BCUT2D eigenvalue weighted by Crippen LogP contribution is 2.17. The number of anilines is 1. The Morgan fingerprint density at radius 3 is 2.86 bits per heavy atom. The van der Waals surface area contributed by atoms with Crippen molar-refractivity contribution in [3.05, 3.63) is 72.2 Å². The van der Waals surface area contributed by atoms with Gasteiger partial charge in [-0.2, -0.15) is 0 Å². The quantitative estimate of drug-likeness (QED) is 0.709. The summed E-state index contributed by atoms with van der Waals surface area (Å²) in [5, 5.41) is 3.34. The molecular formula is C17H16N4O. The number of nitrogens with one attached hydrogen (secondary N) is 1. The molecule has 0 aliphatic carbocycles. The van der Waals surface area contributed by atoms with Gasteiger partial charge in [-0.3, -0.25) is 4.79 Å². The summed E-state index contributed by atoms with van der Waals surface area (Å²) in [7, 11) is 0. The molecule has 1 aromatic carbocycles. The van der Waals surface area contributed by atoms with Gasteiger partial charge in [0.1, 0.15) is 5.65 Å². The summed E-state index contributed by atoms with van der Waals surface area (Å²) in [6, 6.07) is 13.6. The fourth-order valence-corrected chi connectivity index (χ4v) is 2.23. The number of carbonyl (C=O) groups excluding carboxylic acids is 1. The number of amides is 1. The van der Waals surface area contributed by atoms with Gasteiger partial charge < -0.3 is 15.5 Å². The van der Waals surface area contributed by atoms with Crippen LogP contribution >= 0.6 is 0 Å². The molecule has 0 saturated carbocycles. The molecule has 0 spiro atoms. The third-order valence-corrected chi connectivity index (χ3v) is 3.26. The zero-order valence-corrected chi connectivity index (χ0v) is 11.9. The molecule has 0 fully saturated rings. The zero-order chi connectivity index (χ0) is 15.4. The number of nitrogens with zero attached hydrogens (tertiary/aromatic N) is 2. The number of imidazole rings is 1. The van der Waals surface area contributed by atoms with Gasteiger partial charge in [0.2, 0.25) is 5.91 Å². The van der Waals surface area contributed by atoms with E-state index in [0.717, 1.165) is 22.6 Å². The molecular weight excluding hydrogens is 276 g/mol.